The number of nitrogens with zero attached hydrogens (tertiary/aromatic N) is 2. The molecule has 0 bridgehead atoms. The van der Waals surface area contributed by atoms with E-state index in [2.05, 4.69) is 46.3 Å². The number of alkyl halides is 3. The lowest BCUT2D eigenvalue weighted by Crippen LogP contribution is -2.36. The fraction of sp³-hybridized carbons (Fsp3) is 0.368. The van der Waals surface area contributed by atoms with Gasteiger partial charge in [0.15, 0.2) is 5.96 Å². The molecule has 0 saturated carbocycles. The molecule has 0 radical (unpaired) electrons. The van der Waals surface area contributed by atoms with E-state index in [0.29, 0.717) is 30.5 Å². The van der Waals surface area contributed by atoms with E-state index in [1.54, 1.807) is 18.4 Å². The Hall–Kier alpha value is -2.53. The van der Waals surface area contributed by atoms with E-state index < -0.39 is 11.7 Å². The third-order valence-corrected chi connectivity index (χ3v) is 4.45. The van der Waals surface area contributed by atoms with Crippen LogP contribution in [0.15, 0.2) is 34.6 Å². The summed E-state index contributed by atoms with van der Waals surface area (Å²) in [4.78, 5) is 8.65. The second-order valence-electron chi connectivity index (χ2n) is 5.98. The summed E-state index contributed by atoms with van der Waals surface area (Å²) >= 11 is 1.59. The van der Waals surface area contributed by atoms with Gasteiger partial charge in [0.1, 0.15) is 5.01 Å². The van der Waals surface area contributed by atoms with E-state index in [1.165, 1.54) is 12.1 Å². The largest absolute Gasteiger partial charge is 0.416 e. The maximum absolute atomic E-state index is 12.5. The van der Waals surface area contributed by atoms with Crippen LogP contribution >= 0.6 is 11.3 Å². The molecule has 8 heteroatoms. The minimum atomic E-state index is -4.33. The second-order valence-corrected chi connectivity index (χ2v) is 6.92. The van der Waals surface area contributed by atoms with E-state index >= 15 is 0 Å². The highest BCUT2D eigenvalue weighted by Gasteiger charge is 2.29. The normalized spacial score (nSPS) is 11.9. The van der Waals surface area contributed by atoms with Crippen molar-refractivity contribution in [1.29, 1.82) is 0 Å². The molecule has 2 aromatic rings. The highest BCUT2D eigenvalue weighted by atomic mass is 32.1. The Morgan fingerprint density at radius 2 is 1.93 bits per heavy atom. The van der Waals surface area contributed by atoms with Crippen molar-refractivity contribution in [3.63, 3.8) is 0 Å². The SMILES string of the molecule is CN=C(NCC#Cc1ccc(C(F)(F)F)cc1)NCc1nc(C(C)C)cs1. The fourth-order valence-corrected chi connectivity index (χ4v) is 2.96. The first kappa shape index (κ1) is 20.8. The van der Waals surface area contributed by atoms with Crippen LogP contribution in [-0.4, -0.2) is 24.5 Å². The minimum absolute atomic E-state index is 0.315. The Morgan fingerprint density at radius 1 is 1.22 bits per heavy atom. The monoisotopic (exact) mass is 394 g/mol. The zero-order valence-electron chi connectivity index (χ0n) is 15.3. The van der Waals surface area contributed by atoms with Crippen molar-refractivity contribution in [3.05, 3.63) is 51.5 Å². The molecule has 2 rings (SSSR count). The predicted octanol–water partition coefficient (Wildman–Crippen LogP) is 4.00. The lowest BCUT2D eigenvalue weighted by Gasteiger charge is -2.08. The molecule has 1 aromatic heterocycles. The van der Waals surface area contributed by atoms with Gasteiger partial charge in [0, 0.05) is 18.0 Å². The summed E-state index contributed by atoms with van der Waals surface area (Å²) < 4.78 is 37.6. The first-order chi connectivity index (χ1) is 12.8. The van der Waals surface area contributed by atoms with Gasteiger partial charge in [-0.3, -0.25) is 4.99 Å². The zero-order chi connectivity index (χ0) is 19.9. The molecule has 0 aliphatic carbocycles. The smallest absolute Gasteiger partial charge is 0.350 e. The van der Waals surface area contributed by atoms with E-state index in [4.69, 9.17) is 0 Å². The van der Waals surface area contributed by atoms with Gasteiger partial charge in [0.25, 0.3) is 0 Å². The maximum Gasteiger partial charge on any atom is 0.416 e. The Balaban J connectivity index is 1.82. The quantitative estimate of drug-likeness (QED) is 0.468. The third kappa shape index (κ3) is 6.61. The van der Waals surface area contributed by atoms with Gasteiger partial charge in [-0.2, -0.15) is 13.2 Å². The van der Waals surface area contributed by atoms with Crippen molar-refractivity contribution in [3.8, 4) is 11.8 Å². The summed E-state index contributed by atoms with van der Waals surface area (Å²) in [5.74, 6) is 6.66. The Labute approximate surface area is 160 Å². The molecule has 0 aliphatic heterocycles. The van der Waals surface area contributed by atoms with Crippen LogP contribution in [0, 0.1) is 11.8 Å². The van der Waals surface area contributed by atoms with Crippen molar-refractivity contribution in [2.24, 2.45) is 4.99 Å². The molecule has 0 amide bonds. The standard InChI is InChI=1S/C19H21F3N4S/c1-13(2)16-12-27-17(26-16)11-25-18(23-3)24-10-4-5-14-6-8-15(9-7-14)19(20,21)22/h6-9,12-13H,10-11H2,1-3H3,(H2,23,24,25). The fourth-order valence-electron chi connectivity index (χ4n) is 2.07. The molecule has 1 heterocycles. The molecule has 0 fully saturated rings. The van der Waals surface area contributed by atoms with Crippen LogP contribution in [0.4, 0.5) is 13.2 Å². The number of guanidine groups is 1. The summed E-state index contributed by atoms with van der Waals surface area (Å²) in [5.41, 5.74) is 0.914. The number of benzene rings is 1. The number of hydrogen-bond donors (Lipinski definition) is 2. The highest BCUT2D eigenvalue weighted by Crippen LogP contribution is 2.28. The third-order valence-electron chi connectivity index (χ3n) is 3.58. The van der Waals surface area contributed by atoms with E-state index in [0.717, 1.165) is 22.8 Å². The van der Waals surface area contributed by atoms with Crippen molar-refractivity contribution < 1.29 is 13.2 Å². The molecule has 0 saturated heterocycles. The molecule has 2 N–H and O–H groups in total. The highest BCUT2D eigenvalue weighted by molar-refractivity contribution is 7.09. The van der Waals surface area contributed by atoms with Gasteiger partial charge in [0.2, 0.25) is 0 Å². The topological polar surface area (TPSA) is 49.3 Å². The zero-order valence-corrected chi connectivity index (χ0v) is 16.1. The molecule has 1 aromatic carbocycles. The van der Waals surface area contributed by atoms with Gasteiger partial charge in [-0.25, -0.2) is 4.98 Å². The molecule has 0 unspecified atom stereocenters. The maximum atomic E-state index is 12.5. The Morgan fingerprint density at radius 3 is 2.48 bits per heavy atom. The number of nitrogens with one attached hydrogen (secondary N) is 2. The Bertz CT molecular complexity index is 827. The van der Waals surface area contributed by atoms with Crippen molar-refractivity contribution in [1.82, 2.24) is 15.6 Å². The first-order valence-electron chi connectivity index (χ1n) is 8.34. The van der Waals surface area contributed by atoms with Crippen LogP contribution in [0.25, 0.3) is 0 Å². The number of aliphatic imine (C=N–C) groups is 1. The average molecular weight is 394 g/mol. The van der Waals surface area contributed by atoms with Crippen molar-refractivity contribution in [2.45, 2.75) is 32.5 Å². The molecule has 0 atom stereocenters. The van der Waals surface area contributed by atoms with E-state index in [-0.39, 0.29) is 0 Å². The minimum Gasteiger partial charge on any atom is -0.350 e. The molecular weight excluding hydrogens is 373 g/mol. The van der Waals surface area contributed by atoms with Gasteiger partial charge >= 0.3 is 6.18 Å². The van der Waals surface area contributed by atoms with Crippen LogP contribution in [0.3, 0.4) is 0 Å². The van der Waals surface area contributed by atoms with E-state index in [1.807, 2.05) is 5.38 Å². The van der Waals surface area contributed by atoms with Gasteiger partial charge < -0.3 is 10.6 Å². The Kier molecular flexibility index (Phi) is 7.25. The first-order valence-corrected chi connectivity index (χ1v) is 9.22. The van der Waals surface area contributed by atoms with Crippen molar-refractivity contribution >= 4 is 17.3 Å². The number of aromatic nitrogens is 1. The van der Waals surface area contributed by atoms with Crippen LogP contribution in [0.5, 0.6) is 0 Å². The van der Waals surface area contributed by atoms with Gasteiger partial charge in [-0.05, 0) is 30.2 Å². The van der Waals surface area contributed by atoms with Crippen molar-refractivity contribution in [2.75, 3.05) is 13.6 Å². The summed E-state index contributed by atoms with van der Waals surface area (Å²) in [6, 6.07) is 4.77. The van der Waals surface area contributed by atoms with E-state index in [9.17, 15) is 13.2 Å². The van der Waals surface area contributed by atoms with Crippen LogP contribution in [-0.2, 0) is 12.7 Å². The summed E-state index contributed by atoms with van der Waals surface area (Å²) in [6.45, 7) is 5.07. The van der Waals surface area contributed by atoms with Gasteiger partial charge in [-0.1, -0.05) is 25.7 Å². The molecule has 144 valence electrons. The number of hydrogen-bond acceptors (Lipinski definition) is 3. The number of halogens is 3. The molecule has 4 nitrogen and oxygen atoms in total. The lowest BCUT2D eigenvalue weighted by atomic mass is 10.1. The summed E-state index contributed by atoms with van der Waals surface area (Å²) in [7, 11) is 1.65. The van der Waals surface area contributed by atoms with Crippen LogP contribution < -0.4 is 10.6 Å². The second kappa shape index (κ2) is 9.42. The van der Waals surface area contributed by atoms with Gasteiger partial charge in [0.05, 0.1) is 24.3 Å². The van der Waals surface area contributed by atoms with Crippen LogP contribution in [0.2, 0.25) is 0 Å². The number of thiazole rings is 1. The molecular formula is C19H21F3N4S. The predicted molar refractivity (Wildman–Crippen MR) is 103 cm³/mol. The molecule has 0 aliphatic rings. The molecule has 0 spiro atoms. The van der Waals surface area contributed by atoms with Crippen LogP contribution in [0.1, 0.15) is 41.6 Å². The average Bonchev–Trinajstić information content (AvgIpc) is 3.10. The van der Waals surface area contributed by atoms with Gasteiger partial charge in [-0.15, -0.1) is 11.3 Å². The lowest BCUT2D eigenvalue weighted by molar-refractivity contribution is -0.137. The number of rotatable bonds is 4. The summed E-state index contributed by atoms with van der Waals surface area (Å²) in [5, 5.41) is 9.21. The summed E-state index contributed by atoms with van der Waals surface area (Å²) in [6.07, 6.45) is -4.33. The molecule has 27 heavy (non-hydrogen) atoms.